The highest BCUT2D eigenvalue weighted by Gasteiger charge is 2.25. The standard InChI is InChI=1S/C15H16N4O4S2/c1-7-4-5-17-15(18-7)24-6-9(20)19-13-10(14(22)23-3)8(2)11(25-13)12(16)21/h4-5H,6H2,1-3H3,(H2,16,21)(H,19,20). The molecule has 0 fully saturated rings. The molecule has 0 bridgehead atoms. The number of carbonyl (C=O) groups is 3. The topological polar surface area (TPSA) is 124 Å². The lowest BCUT2D eigenvalue weighted by Gasteiger charge is -2.06. The van der Waals surface area contributed by atoms with E-state index in [0.717, 1.165) is 28.8 Å². The van der Waals surface area contributed by atoms with Crippen molar-refractivity contribution in [3.05, 3.63) is 34.0 Å². The summed E-state index contributed by atoms with van der Waals surface area (Å²) in [6.45, 7) is 3.40. The number of hydrogen-bond donors (Lipinski definition) is 2. The largest absolute Gasteiger partial charge is 0.465 e. The SMILES string of the molecule is COC(=O)c1c(NC(=O)CSc2nccc(C)n2)sc(C(N)=O)c1C. The van der Waals surface area contributed by atoms with Gasteiger partial charge in [-0.1, -0.05) is 11.8 Å². The highest BCUT2D eigenvalue weighted by molar-refractivity contribution is 7.99. The number of methoxy groups -OCH3 is 1. The molecule has 0 spiro atoms. The van der Waals surface area contributed by atoms with Crippen molar-refractivity contribution in [3.63, 3.8) is 0 Å². The maximum Gasteiger partial charge on any atom is 0.341 e. The lowest BCUT2D eigenvalue weighted by molar-refractivity contribution is -0.113. The molecule has 132 valence electrons. The van der Waals surface area contributed by atoms with E-state index in [1.807, 2.05) is 6.92 Å². The molecular weight excluding hydrogens is 364 g/mol. The van der Waals surface area contributed by atoms with Crippen molar-refractivity contribution >= 4 is 45.9 Å². The third-order valence-electron chi connectivity index (χ3n) is 3.12. The first-order valence-corrected chi connectivity index (χ1v) is 8.87. The summed E-state index contributed by atoms with van der Waals surface area (Å²) < 4.78 is 4.71. The van der Waals surface area contributed by atoms with Crippen LogP contribution >= 0.6 is 23.1 Å². The molecule has 0 radical (unpaired) electrons. The fraction of sp³-hybridized carbons (Fsp3) is 0.267. The number of anilines is 1. The van der Waals surface area contributed by atoms with Crippen LogP contribution in [0.25, 0.3) is 0 Å². The first-order valence-electron chi connectivity index (χ1n) is 7.07. The van der Waals surface area contributed by atoms with E-state index in [1.165, 1.54) is 7.11 Å². The number of amides is 2. The van der Waals surface area contributed by atoms with E-state index in [-0.39, 0.29) is 27.1 Å². The Hall–Kier alpha value is -2.46. The summed E-state index contributed by atoms with van der Waals surface area (Å²) >= 11 is 2.10. The highest BCUT2D eigenvalue weighted by atomic mass is 32.2. The minimum Gasteiger partial charge on any atom is -0.465 e. The fourth-order valence-electron chi connectivity index (χ4n) is 1.97. The van der Waals surface area contributed by atoms with Gasteiger partial charge in [0.25, 0.3) is 5.91 Å². The average Bonchev–Trinajstić information content (AvgIpc) is 2.89. The van der Waals surface area contributed by atoms with Crippen LogP contribution in [0.15, 0.2) is 17.4 Å². The van der Waals surface area contributed by atoms with E-state index in [0.29, 0.717) is 10.7 Å². The van der Waals surface area contributed by atoms with Crippen LogP contribution in [0.1, 0.15) is 31.3 Å². The number of primary amides is 1. The number of nitrogens with two attached hydrogens (primary N) is 1. The number of nitrogens with zero attached hydrogens (tertiary/aromatic N) is 2. The van der Waals surface area contributed by atoms with E-state index in [2.05, 4.69) is 15.3 Å². The average molecular weight is 380 g/mol. The van der Waals surface area contributed by atoms with Crippen LogP contribution in [0.5, 0.6) is 0 Å². The van der Waals surface area contributed by atoms with E-state index in [1.54, 1.807) is 19.2 Å². The quantitative estimate of drug-likeness (QED) is 0.444. The molecule has 0 aliphatic heterocycles. The third kappa shape index (κ3) is 4.54. The molecule has 0 saturated carbocycles. The van der Waals surface area contributed by atoms with E-state index in [9.17, 15) is 14.4 Å². The number of thiophene rings is 1. The predicted octanol–water partition coefficient (Wildman–Crippen LogP) is 1.77. The second-order valence-corrected chi connectivity index (χ2v) is 6.90. The summed E-state index contributed by atoms with van der Waals surface area (Å²) in [6, 6.07) is 1.76. The number of esters is 1. The highest BCUT2D eigenvalue weighted by Crippen LogP contribution is 2.33. The van der Waals surface area contributed by atoms with Crippen LogP contribution in [-0.2, 0) is 9.53 Å². The Labute approximate surface area is 152 Å². The van der Waals surface area contributed by atoms with Crippen molar-refractivity contribution in [3.8, 4) is 0 Å². The lowest BCUT2D eigenvalue weighted by Crippen LogP contribution is -2.16. The Morgan fingerprint density at radius 3 is 2.68 bits per heavy atom. The number of rotatable bonds is 6. The fourth-order valence-corrected chi connectivity index (χ4v) is 3.71. The van der Waals surface area contributed by atoms with Gasteiger partial charge in [-0.25, -0.2) is 14.8 Å². The number of nitrogens with one attached hydrogen (secondary N) is 1. The van der Waals surface area contributed by atoms with Crippen LogP contribution in [0, 0.1) is 13.8 Å². The third-order valence-corrected chi connectivity index (χ3v) is 5.20. The van der Waals surface area contributed by atoms with E-state index >= 15 is 0 Å². The molecule has 10 heteroatoms. The Morgan fingerprint density at radius 2 is 2.08 bits per heavy atom. The van der Waals surface area contributed by atoms with Gasteiger partial charge in [0.15, 0.2) is 5.16 Å². The number of aromatic nitrogens is 2. The molecule has 2 rings (SSSR count). The number of thioether (sulfide) groups is 1. The summed E-state index contributed by atoms with van der Waals surface area (Å²) in [7, 11) is 1.22. The second-order valence-electron chi connectivity index (χ2n) is 4.93. The van der Waals surface area contributed by atoms with Gasteiger partial charge in [0.05, 0.1) is 23.3 Å². The van der Waals surface area contributed by atoms with Crippen molar-refractivity contribution < 1.29 is 19.1 Å². The van der Waals surface area contributed by atoms with Gasteiger partial charge in [-0.05, 0) is 25.5 Å². The summed E-state index contributed by atoms with van der Waals surface area (Å²) in [6.07, 6.45) is 1.61. The van der Waals surface area contributed by atoms with E-state index < -0.39 is 11.9 Å². The monoisotopic (exact) mass is 380 g/mol. The van der Waals surface area contributed by atoms with Crippen molar-refractivity contribution in [1.29, 1.82) is 0 Å². The maximum atomic E-state index is 12.2. The molecule has 2 amide bonds. The smallest absolute Gasteiger partial charge is 0.341 e. The van der Waals surface area contributed by atoms with Crippen molar-refractivity contribution in [1.82, 2.24) is 9.97 Å². The van der Waals surface area contributed by atoms with Gasteiger partial charge in [-0.15, -0.1) is 11.3 Å². The molecule has 0 aliphatic carbocycles. The number of carbonyl (C=O) groups excluding carboxylic acids is 3. The molecule has 0 unspecified atom stereocenters. The Balaban J connectivity index is 2.15. The van der Waals surface area contributed by atoms with Crippen LogP contribution in [0.2, 0.25) is 0 Å². The minimum absolute atomic E-state index is 0.0485. The summed E-state index contributed by atoms with van der Waals surface area (Å²) in [4.78, 5) is 44.0. The van der Waals surface area contributed by atoms with Gasteiger partial charge >= 0.3 is 5.97 Å². The Kier molecular flexibility index (Phi) is 6.10. The molecule has 2 aromatic heterocycles. The summed E-state index contributed by atoms with van der Waals surface area (Å²) in [5.41, 5.74) is 6.62. The molecule has 0 aromatic carbocycles. The first kappa shape index (κ1) is 18.9. The molecule has 0 atom stereocenters. The van der Waals surface area contributed by atoms with Gasteiger partial charge < -0.3 is 15.8 Å². The first-order chi connectivity index (χ1) is 11.8. The van der Waals surface area contributed by atoms with Crippen molar-refractivity contribution in [2.45, 2.75) is 19.0 Å². The van der Waals surface area contributed by atoms with Gasteiger partial charge in [-0.2, -0.15) is 0 Å². The molecule has 3 N–H and O–H groups in total. The number of hydrogen-bond acceptors (Lipinski definition) is 8. The number of ether oxygens (including phenoxy) is 1. The van der Waals surface area contributed by atoms with Crippen LogP contribution in [-0.4, -0.2) is 40.6 Å². The van der Waals surface area contributed by atoms with Crippen LogP contribution in [0.4, 0.5) is 5.00 Å². The van der Waals surface area contributed by atoms with Gasteiger partial charge in [0.1, 0.15) is 5.00 Å². The van der Waals surface area contributed by atoms with Crippen LogP contribution in [0.3, 0.4) is 0 Å². The lowest BCUT2D eigenvalue weighted by atomic mass is 10.1. The van der Waals surface area contributed by atoms with Gasteiger partial charge in [0.2, 0.25) is 5.91 Å². The van der Waals surface area contributed by atoms with Crippen molar-refractivity contribution in [2.24, 2.45) is 5.73 Å². The summed E-state index contributed by atoms with van der Waals surface area (Å²) in [5, 5.41) is 3.33. The van der Waals surface area contributed by atoms with Crippen LogP contribution < -0.4 is 11.1 Å². The second kappa shape index (κ2) is 8.08. The Bertz CT molecular complexity index is 835. The van der Waals surface area contributed by atoms with Gasteiger partial charge in [-0.3, -0.25) is 9.59 Å². The van der Waals surface area contributed by atoms with Crippen molar-refractivity contribution in [2.75, 3.05) is 18.2 Å². The molecule has 25 heavy (non-hydrogen) atoms. The maximum absolute atomic E-state index is 12.2. The molecule has 0 aliphatic rings. The predicted molar refractivity (Wildman–Crippen MR) is 95.0 cm³/mol. The molecule has 0 saturated heterocycles. The van der Waals surface area contributed by atoms with Gasteiger partial charge in [0, 0.05) is 11.9 Å². The van der Waals surface area contributed by atoms with E-state index in [4.69, 9.17) is 10.5 Å². The molecule has 8 nitrogen and oxygen atoms in total. The normalized spacial score (nSPS) is 10.4. The molecule has 2 aromatic rings. The molecule has 2 heterocycles. The minimum atomic E-state index is -0.671. The zero-order chi connectivity index (χ0) is 18.6. The summed E-state index contributed by atoms with van der Waals surface area (Å²) in [5.74, 6) is -1.63. The molecular formula is C15H16N4O4S2. The zero-order valence-electron chi connectivity index (χ0n) is 13.8. The Morgan fingerprint density at radius 1 is 1.36 bits per heavy atom. The zero-order valence-corrected chi connectivity index (χ0v) is 15.4. The number of aryl methyl sites for hydroxylation is 1.